The number of nitrogen functional groups attached to an aromatic ring is 1. The average molecular weight is 207 g/mol. The quantitative estimate of drug-likeness (QED) is 0.738. The molecule has 0 amide bonds. The molecular formula is C11H13NO3. The zero-order valence-electron chi connectivity index (χ0n) is 8.27. The van der Waals surface area contributed by atoms with Gasteiger partial charge >= 0.3 is 5.97 Å². The van der Waals surface area contributed by atoms with Gasteiger partial charge in [0.2, 0.25) is 0 Å². The molecule has 15 heavy (non-hydrogen) atoms. The number of aromatic carboxylic acids is 1. The average Bonchev–Trinajstić information content (AvgIpc) is 2.97. The lowest BCUT2D eigenvalue weighted by atomic mass is 10.1. The molecule has 0 heterocycles. The van der Waals surface area contributed by atoms with Gasteiger partial charge in [-0.05, 0) is 30.9 Å². The smallest absolute Gasteiger partial charge is 0.341 e. The maximum Gasteiger partial charge on any atom is 0.341 e. The summed E-state index contributed by atoms with van der Waals surface area (Å²) in [5.74, 6) is -0.0821. The van der Waals surface area contributed by atoms with E-state index < -0.39 is 5.97 Å². The second kappa shape index (κ2) is 3.81. The zero-order chi connectivity index (χ0) is 10.8. The first-order valence-electron chi connectivity index (χ1n) is 4.93. The van der Waals surface area contributed by atoms with Crippen molar-refractivity contribution < 1.29 is 14.6 Å². The number of carboxylic acid groups (broad SMARTS) is 1. The van der Waals surface area contributed by atoms with E-state index in [0.29, 0.717) is 18.3 Å². The van der Waals surface area contributed by atoms with E-state index in [-0.39, 0.29) is 11.3 Å². The Kier molecular flexibility index (Phi) is 2.49. The van der Waals surface area contributed by atoms with Crippen LogP contribution in [-0.2, 0) is 0 Å². The van der Waals surface area contributed by atoms with Crippen molar-refractivity contribution in [3.8, 4) is 5.75 Å². The van der Waals surface area contributed by atoms with E-state index in [2.05, 4.69) is 0 Å². The highest BCUT2D eigenvalue weighted by Gasteiger charge is 2.23. The zero-order valence-corrected chi connectivity index (χ0v) is 8.27. The first-order chi connectivity index (χ1) is 7.18. The second-order valence-electron chi connectivity index (χ2n) is 3.78. The standard InChI is InChI=1S/C11H13NO3/c12-8-2-1-3-9(10(8)11(13)14)15-6-7-4-5-7/h1-3,7H,4-6,12H2,(H,13,14). The van der Waals surface area contributed by atoms with E-state index in [1.165, 1.54) is 12.8 Å². The summed E-state index contributed by atoms with van der Waals surface area (Å²) in [6.07, 6.45) is 2.34. The summed E-state index contributed by atoms with van der Waals surface area (Å²) in [7, 11) is 0. The van der Waals surface area contributed by atoms with E-state index in [1.54, 1.807) is 18.2 Å². The summed E-state index contributed by atoms with van der Waals surface area (Å²) in [5.41, 5.74) is 5.90. The normalized spacial score (nSPS) is 14.9. The Morgan fingerprint density at radius 1 is 1.53 bits per heavy atom. The summed E-state index contributed by atoms with van der Waals surface area (Å²) in [4.78, 5) is 10.9. The molecule has 1 fully saturated rings. The molecule has 2 rings (SSSR count). The lowest BCUT2D eigenvalue weighted by Gasteiger charge is -2.09. The highest BCUT2D eigenvalue weighted by atomic mass is 16.5. The highest BCUT2D eigenvalue weighted by Crippen LogP contribution is 2.31. The minimum absolute atomic E-state index is 0.0677. The van der Waals surface area contributed by atoms with Crippen LogP contribution in [0.4, 0.5) is 5.69 Å². The Balaban J connectivity index is 2.19. The molecule has 0 radical (unpaired) electrons. The van der Waals surface area contributed by atoms with Crippen LogP contribution in [0.15, 0.2) is 18.2 Å². The molecular weight excluding hydrogens is 194 g/mol. The minimum Gasteiger partial charge on any atom is -0.492 e. The van der Waals surface area contributed by atoms with Crippen molar-refractivity contribution in [1.29, 1.82) is 0 Å². The van der Waals surface area contributed by atoms with Crippen molar-refractivity contribution in [3.05, 3.63) is 23.8 Å². The summed E-state index contributed by atoms with van der Waals surface area (Å²) in [6, 6.07) is 4.90. The number of nitrogens with two attached hydrogens (primary N) is 1. The van der Waals surface area contributed by atoms with Crippen LogP contribution in [0.5, 0.6) is 5.75 Å². The van der Waals surface area contributed by atoms with E-state index in [4.69, 9.17) is 15.6 Å². The molecule has 4 heteroatoms. The Morgan fingerprint density at radius 3 is 2.87 bits per heavy atom. The largest absolute Gasteiger partial charge is 0.492 e. The maximum absolute atomic E-state index is 10.9. The third kappa shape index (κ3) is 2.21. The third-order valence-corrected chi connectivity index (χ3v) is 2.44. The molecule has 0 aliphatic heterocycles. The van der Waals surface area contributed by atoms with Crippen LogP contribution in [0.25, 0.3) is 0 Å². The number of rotatable bonds is 4. The van der Waals surface area contributed by atoms with Gasteiger partial charge in [-0.25, -0.2) is 4.79 Å². The number of ether oxygens (including phenoxy) is 1. The van der Waals surface area contributed by atoms with Gasteiger partial charge in [-0.1, -0.05) is 6.07 Å². The van der Waals surface area contributed by atoms with Crippen molar-refractivity contribution in [2.75, 3.05) is 12.3 Å². The number of carboxylic acids is 1. The summed E-state index contributed by atoms with van der Waals surface area (Å²) < 4.78 is 5.44. The fourth-order valence-corrected chi connectivity index (χ4v) is 1.39. The van der Waals surface area contributed by atoms with Crippen LogP contribution in [0.2, 0.25) is 0 Å². The van der Waals surface area contributed by atoms with Gasteiger partial charge in [0.15, 0.2) is 0 Å². The van der Waals surface area contributed by atoms with Gasteiger partial charge in [-0.15, -0.1) is 0 Å². The van der Waals surface area contributed by atoms with Crippen LogP contribution in [0.1, 0.15) is 23.2 Å². The summed E-state index contributed by atoms with van der Waals surface area (Å²) >= 11 is 0. The second-order valence-corrected chi connectivity index (χ2v) is 3.78. The van der Waals surface area contributed by atoms with Crippen LogP contribution >= 0.6 is 0 Å². The first kappa shape index (κ1) is 9.83. The van der Waals surface area contributed by atoms with Gasteiger partial charge in [0.25, 0.3) is 0 Å². The molecule has 0 atom stereocenters. The van der Waals surface area contributed by atoms with Crippen molar-refractivity contribution >= 4 is 11.7 Å². The predicted molar refractivity (Wildman–Crippen MR) is 56.0 cm³/mol. The molecule has 0 bridgehead atoms. The van der Waals surface area contributed by atoms with Gasteiger partial charge in [-0.3, -0.25) is 0 Å². The van der Waals surface area contributed by atoms with Crippen LogP contribution < -0.4 is 10.5 Å². The van der Waals surface area contributed by atoms with Gasteiger partial charge in [0.05, 0.1) is 6.61 Å². The van der Waals surface area contributed by atoms with Gasteiger partial charge < -0.3 is 15.6 Å². The van der Waals surface area contributed by atoms with E-state index in [0.717, 1.165) is 0 Å². The van der Waals surface area contributed by atoms with Crippen molar-refractivity contribution in [3.63, 3.8) is 0 Å². The van der Waals surface area contributed by atoms with E-state index >= 15 is 0 Å². The molecule has 1 aromatic carbocycles. The molecule has 3 N–H and O–H groups in total. The molecule has 1 aromatic rings. The van der Waals surface area contributed by atoms with Crippen LogP contribution in [0, 0.1) is 5.92 Å². The number of benzene rings is 1. The number of anilines is 1. The number of hydrogen-bond acceptors (Lipinski definition) is 3. The first-order valence-corrected chi connectivity index (χ1v) is 4.93. The highest BCUT2D eigenvalue weighted by molar-refractivity contribution is 5.96. The van der Waals surface area contributed by atoms with Gasteiger partial charge in [-0.2, -0.15) is 0 Å². The summed E-state index contributed by atoms with van der Waals surface area (Å²) in [6.45, 7) is 0.587. The molecule has 1 saturated carbocycles. The monoisotopic (exact) mass is 207 g/mol. The molecule has 1 aliphatic rings. The molecule has 4 nitrogen and oxygen atoms in total. The van der Waals surface area contributed by atoms with E-state index in [1.807, 2.05) is 0 Å². The lowest BCUT2D eigenvalue weighted by Crippen LogP contribution is -2.08. The Labute approximate surface area is 87.7 Å². The lowest BCUT2D eigenvalue weighted by molar-refractivity contribution is 0.0693. The van der Waals surface area contributed by atoms with Crippen molar-refractivity contribution in [1.82, 2.24) is 0 Å². The fourth-order valence-electron chi connectivity index (χ4n) is 1.39. The molecule has 0 spiro atoms. The van der Waals surface area contributed by atoms with Crippen LogP contribution in [0.3, 0.4) is 0 Å². The maximum atomic E-state index is 10.9. The van der Waals surface area contributed by atoms with Crippen molar-refractivity contribution in [2.45, 2.75) is 12.8 Å². The molecule has 1 aliphatic carbocycles. The number of hydrogen-bond donors (Lipinski definition) is 2. The third-order valence-electron chi connectivity index (χ3n) is 2.44. The Bertz CT molecular complexity index is 385. The Hall–Kier alpha value is -1.71. The predicted octanol–water partition coefficient (Wildman–Crippen LogP) is 1.76. The molecule has 80 valence electrons. The van der Waals surface area contributed by atoms with Gasteiger partial charge in [0, 0.05) is 5.69 Å². The summed E-state index contributed by atoms with van der Waals surface area (Å²) in [5, 5.41) is 8.97. The number of carbonyl (C=O) groups is 1. The molecule has 0 aromatic heterocycles. The van der Waals surface area contributed by atoms with Gasteiger partial charge in [0.1, 0.15) is 11.3 Å². The van der Waals surface area contributed by atoms with Crippen molar-refractivity contribution in [2.24, 2.45) is 5.92 Å². The topological polar surface area (TPSA) is 72.5 Å². The van der Waals surface area contributed by atoms with E-state index in [9.17, 15) is 4.79 Å². The fraction of sp³-hybridized carbons (Fsp3) is 0.364. The molecule has 0 saturated heterocycles. The SMILES string of the molecule is Nc1cccc(OCC2CC2)c1C(=O)O. The molecule has 0 unspecified atom stereocenters. The Morgan fingerprint density at radius 2 is 2.27 bits per heavy atom. The minimum atomic E-state index is -1.04. The van der Waals surface area contributed by atoms with Crippen LogP contribution in [-0.4, -0.2) is 17.7 Å².